The maximum atomic E-state index is 13.5. The second kappa shape index (κ2) is 8.38. The number of oxazole rings is 1. The lowest BCUT2D eigenvalue weighted by Crippen LogP contribution is -2.49. The van der Waals surface area contributed by atoms with Gasteiger partial charge in [-0.3, -0.25) is 14.4 Å². The van der Waals surface area contributed by atoms with Crippen molar-refractivity contribution < 1.29 is 27.6 Å². The Labute approximate surface area is 165 Å². The van der Waals surface area contributed by atoms with Gasteiger partial charge in [0.2, 0.25) is 23.6 Å². The van der Waals surface area contributed by atoms with Crippen molar-refractivity contribution in [3.63, 3.8) is 0 Å². The van der Waals surface area contributed by atoms with Crippen molar-refractivity contribution in [3.05, 3.63) is 41.3 Å². The second-order valence-electron chi connectivity index (χ2n) is 6.81. The molecule has 29 heavy (non-hydrogen) atoms. The molecule has 0 aliphatic carbocycles. The van der Waals surface area contributed by atoms with Crippen molar-refractivity contribution in [3.8, 4) is 11.5 Å². The number of halogens is 2. The molecule has 3 rings (SSSR count). The van der Waals surface area contributed by atoms with Crippen LogP contribution in [0, 0.1) is 11.6 Å². The monoisotopic (exact) mass is 406 g/mol. The molecule has 3 N–H and O–H groups in total. The van der Waals surface area contributed by atoms with Crippen LogP contribution >= 0.6 is 0 Å². The minimum absolute atomic E-state index is 0.0466. The first-order chi connectivity index (χ1) is 13.7. The van der Waals surface area contributed by atoms with Crippen LogP contribution in [-0.2, 0) is 27.3 Å². The van der Waals surface area contributed by atoms with Crippen LogP contribution in [0.15, 0.2) is 22.6 Å². The molecule has 8 nitrogen and oxygen atoms in total. The Morgan fingerprint density at radius 1 is 1.28 bits per heavy atom. The summed E-state index contributed by atoms with van der Waals surface area (Å²) in [5.41, 5.74) is 5.77. The predicted molar refractivity (Wildman–Crippen MR) is 97.0 cm³/mol. The van der Waals surface area contributed by atoms with E-state index in [4.69, 9.17) is 10.2 Å². The first kappa shape index (κ1) is 20.4. The highest BCUT2D eigenvalue weighted by Crippen LogP contribution is 2.27. The quantitative estimate of drug-likeness (QED) is 0.749. The zero-order valence-electron chi connectivity index (χ0n) is 15.7. The molecule has 0 spiro atoms. The van der Waals surface area contributed by atoms with E-state index in [2.05, 4.69) is 10.3 Å². The van der Waals surface area contributed by atoms with E-state index in [1.807, 2.05) is 0 Å². The van der Waals surface area contributed by atoms with E-state index in [1.54, 1.807) is 0 Å². The topological polar surface area (TPSA) is 119 Å². The van der Waals surface area contributed by atoms with Crippen molar-refractivity contribution in [1.82, 2.24) is 15.2 Å². The normalized spacial score (nSPS) is 14.2. The summed E-state index contributed by atoms with van der Waals surface area (Å²) in [6.07, 6.45) is 0.396. The molecular formula is C19H20F2N4O4. The standard InChI is InChI=1S/C19H20F2N4O4/c1-10(26)23-14(2-3-17(22)27)19(28)25-5-4-16-15(9-25)24-18(29-16)11-6-12(20)8-13(21)7-11/h6-8,14H,2-5,9H2,1H3,(H2,22,27)(H,23,26)/t14-/m0/s1. The number of carbonyl (C=O) groups excluding carboxylic acids is 3. The molecule has 1 aromatic carbocycles. The summed E-state index contributed by atoms with van der Waals surface area (Å²) < 4.78 is 32.5. The Bertz CT molecular complexity index is 939. The summed E-state index contributed by atoms with van der Waals surface area (Å²) in [5.74, 6) is -2.24. The van der Waals surface area contributed by atoms with Crippen LogP contribution in [0.5, 0.6) is 0 Å². The van der Waals surface area contributed by atoms with Crippen LogP contribution < -0.4 is 11.1 Å². The fraction of sp³-hybridized carbons (Fsp3) is 0.368. The highest BCUT2D eigenvalue weighted by molar-refractivity contribution is 5.87. The summed E-state index contributed by atoms with van der Waals surface area (Å²) in [7, 11) is 0. The number of hydrogen-bond acceptors (Lipinski definition) is 5. The van der Waals surface area contributed by atoms with Crippen LogP contribution in [-0.4, -0.2) is 40.2 Å². The van der Waals surface area contributed by atoms with Gasteiger partial charge >= 0.3 is 0 Å². The van der Waals surface area contributed by atoms with E-state index in [0.717, 1.165) is 18.2 Å². The fourth-order valence-corrected chi connectivity index (χ4v) is 3.20. The largest absolute Gasteiger partial charge is 0.441 e. The van der Waals surface area contributed by atoms with Crippen LogP contribution in [0.3, 0.4) is 0 Å². The average Bonchev–Trinajstić information content (AvgIpc) is 3.06. The van der Waals surface area contributed by atoms with Crippen molar-refractivity contribution >= 4 is 17.7 Å². The number of benzene rings is 1. The van der Waals surface area contributed by atoms with Gasteiger partial charge in [-0.15, -0.1) is 0 Å². The molecular weight excluding hydrogens is 386 g/mol. The van der Waals surface area contributed by atoms with Crippen molar-refractivity contribution in [2.75, 3.05) is 6.54 Å². The molecule has 1 atom stereocenters. The Kier molecular flexibility index (Phi) is 5.90. The zero-order valence-corrected chi connectivity index (χ0v) is 15.7. The summed E-state index contributed by atoms with van der Waals surface area (Å²) in [6.45, 7) is 1.70. The molecule has 154 valence electrons. The van der Waals surface area contributed by atoms with Gasteiger partial charge in [0.05, 0.1) is 6.54 Å². The first-order valence-corrected chi connectivity index (χ1v) is 9.02. The molecule has 1 aliphatic heterocycles. The maximum Gasteiger partial charge on any atom is 0.245 e. The molecule has 0 radical (unpaired) electrons. The third kappa shape index (κ3) is 4.95. The smallest absolute Gasteiger partial charge is 0.245 e. The van der Waals surface area contributed by atoms with Gasteiger partial charge in [-0.1, -0.05) is 0 Å². The van der Waals surface area contributed by atoms with Gasteiger partial charge in [0.25, 0.3) is 0 Å². The Morgan fingerprint density at radius 3 is 2.59 bits per heavy atom. The van der Waals surface area contributed by atoms with Gasteiger partial charge in [0.15, 0.2) is 0 Å². The fourth-order valence-electron chi connectivity index (χ4n) is 3.20. The van der Waals surface area contributed by atoms with Gasteiger partial charge in [-0.05, 0) is 18.6 Å². The van der Waals surface area contributed by atoms with Crippen LogP contribution in [0.25, 0.3) is 11.5 Å². The molecule has 0 bridgehead atoms. The third-order valence-electron chi connectivity index (χ3n) is 4.50. The van der Waals surface area contributed by atoms with Gasteiger partial charge in [-0.2, -0.15) is 0 Å². The highest BCUT2D eigenvalue weighted by Gasteiger charge is 2.30. The molecule has 0 unspecified atom stereocenters. The summed E-state index contributed by atoms with van der Waals surface area (Å²) in [6, 6.07) is 2.09. The number of nitrogens with two attached hydrogens (primary N) is 1. The van der Waals surface area contributed by atoms with E-state index in [9.17, 15) is 23.2 Å². The molecule has 2 heterocycles. The molecule has 1 aliphatic rings. The summed E-state index contributed by atoms with van der Waals surface area (Å²) in [5, 5.41) is 2.53. The van der Waals surface area contributed by atoms with Crippen LogP contribution in [0.1, 0.15) is 31.2 Å². The van der Waals surface area contributed by atoms with Gasteiger partial charge in [0, 0.05) is 37.9 Å². The van der Waals surface area contributed by atoms with Gasteiger partial charge in [0.1, 0.15) is 29.1 Å². The lowest BCUT2D eigenvalue weighted by Gasteiger charge is -2.29. The highest BCUT2D eigenvalue weighted by atomic mass is 19.1. The molecule has 2 aromatic rings. The van der Waals surface area contributed by atoms with Crippen LogP contribution in [0.2, 0.25) is 0 Å². The number of amides is 3. The third-order valence-corrected chi connectivity index (χ3v) is 4.50. The second-order valence-corrected chi connectivity index (χ2v) is 6.81. The van der Waals surface area contributed by atoms with Crippen molar-refractivity contribution in [1.29, 1.82) is 0 Å². The van der Waals surface area contributed by atoms with Crippen LogP contribution in [0.4, 0.5) is 8.78 Å². The Morgan fingerprint density at radius 2 is 1.97 bits per heavy atom. The first-order valence-electron chi connectivity index (χ1n) is 9.02. The zero-order chi connectivity index (χ0) is 21.1. The van der Waals surface area contributed by atoms with E-state index in [1.165, 1.54) is 11.8 Å². The number of nitrogens with zero attached hydrogens (tertiary/aromatic N) is 2. The lowest BCUT2D eigenvalue weighted by atomic mass is 10.1. The van der Waals surface area contributed by atoms with Gasteiger partial charge in [-0.25, -0.2) is 13.8 Å². The van der Waals surface area contributed by atoms with E-state index in [-0.39, 0.29) is 36.7 Å². The Hall–Kier alpha value is -3.30. The number of fused-ring (bicyclic) bond motifs is 1. The number of nitrogens with one attached hydrogen (secondary N) is 1. The molecule has 1 aromatic heterocycles. The van der Waals surface area contributed by atoms with E-state index in [0.29, 0.717) is 24.4 Å². The number of primary amides is 1. The predicted octanol–water partition coefficient (Wildman–Crippen LogP) is 1.27. The maximum absolute atomic E-state index is 13.5. The molecule has 0 saturated heterocycles. The van der Waals surface area contributed by atoms with Crippen molar-refractivity contribution in [2.45, 2.75) is 38.8 Å². The summed E-state index contributed by atoms with van der Waals surface area (Å²) in [4.78, 5) is 41.0. The summed E-state index contributed by atoms with van der Waals surface area (Å²) >= 11 is 0. The molecule has 3 amide bonds. The van der Waals surface area contributed by atoms with Crippen molar-refractivity contribution in [2.24, 2.45) is 5.73 Å². The van der Waals surface area contributed by atoms with E-state index >= 15 is 0 Å². The number of carbonyl (C=O) groups is 3. The number of hydrogen-bond donors (Lipinski definition) is 2. The minimum Gasteiger partial charge on any atom is -0.441 e. The molecule has 0 fully saturated rings. The Balaban J connectivity index is 1.77. The lowest BCUT2D eigenvalue weighted by molar-refractivity contribution is -0.137. The molecule has 0 saturated carbocycles. The SMILES string of the molecule is CC(=O)N[C@@H](CCC(N)=O)C(=O)N1CCc2oc(-c3cc(F)cc(F)c3)nc2C1. The average molecular weight is 406 g/mol. The van der Waals surface area contributed by atoms with E-state index < -0.39 is 29.5 Å². The number of aromatic nitrogens is 1. The van der Waals surface area contributed by atoms with Gasteiger partial charge < -0.3 is 20.4 Å². The molecule has 10 heteroatoms. The number of rotatable bonds is 6. The minimum atomic E-state index is -0.884.